The second-order valence-corrected chi connectivity index (χ2v) is 11.0. The molecule has 0 saturated carbocycles. The number of hydrogen-bond donors (Lipinski definition) is 0. The Kier molecular flexibility index (Phi) is 7.52. The fourth-order valence-electron chi connectivity index (χ4n) is 3.34. The van der Waals surface area contributed by atoms with E-state index in [1.54, 1.807) is 30.3 Å². The molecule has 188 valence electrons. The molecule has 0 aliphatic carbocycles. The molecule has 0 atom stereocenters. The lowest BCUT2D eigenvalue weighted by molar-refractivity contribution is -0.385. The molecular weight excluding hydrogens is 622 g/mol. The summed E-state index contributed by atoms with van der Waals surface area (Å²) in [4.78, 5) is 10.6. The van der Waals surface area contributed by atoms with Crippen LogP contribution in [0.2, 0.25) is 0 Å². The van der Waals surface area contributed by atoms with E-state index in [1.165, 1.54) is 31.4 Å². The van der Waals surface area contributed by atoms with Crippen molar-refractivity contribution in [2.45, 2.75) is 11.8 Å². The fourth-order valence-corrected chi connectivity index (χ4v) is 6.01. The van der Waals surface area contributed by atoms with Crippen molar-refractivity contribution in [2.75, 3.05) is 20.3 Å². The Bertz CT molecular complexity index is 1530. The van der Waals surface area contributed by atoms with Crippen LogP contribution in [-0.4, -0.2) is 42.9 Å². The molecule has 0 N–H and O–H groups in total. The van der Waals surface area contributed by atoms with Crippen molar-refractivity contribution in [3.63, 3.8) is 0 Å². The Morgan fingerprint density at radius 1 is 1.00 bits per heavy atom. The highest BCUT2D eigenvalue weighted by atomic mass is 79.9. The van der Waals surface area contributed by atoms with Gasteiger partial charge in [0.15, 0.2) is 0 Å². The second-order valence-electron chi connectivity index (χ2n) is 7.54. The number of ether oxygens (including phenoxy) is 3. The van der Waals surface area contributed by atoms with Gasteiger partial charge in [-0.1, -0.05) is 17.7 Å². The lowest BCUT2D eigenvalue weighted by atomic mass is 10.2. The number of benzene rings is 3. The smallest absolute Gasteiger partial charge is 0.283 e. The molecule has 0 aliphatic rings. The molecule has 0 saturated heterocycles. The number of rotatable bonds is 9. The van der Waals surface area contributed by atoms with Crippen molar-refractivity contribution in [1.29, 1.82) is 0 Å². The van der Waals surface area contributed by atoms with E-state index in [9.17, 15) is 18.5 Å². The van der Waals surface area contributed by atoms with E-state index in [0.717, 1.165) is 9.65 Å². The SMILES string of the molecule is COc1ccc2c(c1)c(OCCOc1c(Br)cc([N+](=O)[O-])cc1Br)nn2S(=O)(=O)c1ccc(C)cc1. The van der Waals surface area contributed by atoms with Crippen LogP contribution in [-0.2, 0) is 10.0 Å². The molecule has 0 spiro atoms. The molecule has 3 aromatic carbocycles. The third-order valence-electron chi connectivity index (χ3n) is 5.13. The molecule has 10 nitrogen and oxygen atoms in total. The first-order valence-electron chi connectivity index (χ1n) is 10.4. The number of nitro benzene ring substituents is 1. The van der Waals surface area contributed by atoms with E-state index in [4.69, 9.17) is 14.2 Å². The number of non-ortho nitro benzene ring substituents is 1. The van der Waals surface area contributed by atoms with Gasteiger partial charge in [-0.05, 0) is 69.1 Å². The highest BCUT2D eigenvalue weighted by Crippen LogP contribution is 2.37. The Balaban J connectivity index is 1.59. The average Bonchev–Trinajstić information content (AvgIpc) is 3.21. The minimum Gasteiger partial charge on any atom is -0.497 e. The van der Waals surface area contributed by atoms with Gasteiger partial charge in [0.05, 0.1) is 36.8 Å². The van der Waals surface area contributed by atoms with Crippen LogP contribution in [0.1, 0.15) is 5.56 Å². The standard InChI is InChI=1S/C23H19Br2N3O7S/c1-14-3-6-17(7-4-14)36(31,32)27-21-8-5-16(33-2)13-18(21)23(26-27)35-10-9-34-22-19(24)11-15(28(29)30)12-20(22)25/h3-8,11-13H,9-10H2,1-2H3. The summed E-state index contributed by atoms with van der Waals surface area (Å²) >= 11 is 6.53. The van der Waals surface area contributed by atoms with Crippen LogP contribution in [0, 0.1) is 17.0 Å². The molecule has 1 heterocycles. The lowest BCUT2D eigenvalue weighted by Crippen LogP contribution is -2.15. The molecule has 0 fully saturated rings. The van der Waals surface area contributed by atoms with E-state index in [2.05, 4.69) is 37.0 Å². The van der Waals surface area contributed by atoms with Gasteiger partial charge in [-0.25, -0.2) is 0 Å². The van der Waals surface area contributed by atoms with E-state index in [-0.39, 0.29) is 29.7 Å². The fraction of sp³-hybridized carbons (Fsp3) is 0.174. The zero-order valence-electron chi connectivity index (χ0n) is 19.0. The summed E-state index contributed by atoms with van der Waals surface area (Å²) in [5.74, 6) is 0.961. The zero-order chi connectivity index (χ0) is 26.0. The first-order chi connectivity index (χ1) is 17.1. The quantitative estimate of drug-likeness (QED) is 0.134. The molecule has 4 aromatic rings. The summed E-state index contributed by atoms with van der Waals surface area (Å²) in [5, 5.41) is 15.7. The van der Waals surface area contributed by atoms with Crippen LogP contribution in [0.15, 0.2) is 68.4 Å². The summed E-state index contributed by atoms with van der Waals surface area (Å²) in [6, 6.07) is 14.0. The first kappa shape index (κ1) is 25.9. The van der Waals surface area contributed by atoms with Gasteiger partial charge >= 0.3 is 0 Å². The third kappa shape index (κ3) is 5.18. The average molecular weight is 641 g/mol. The molecule has 36 heavy (non-hydrogen) atoms. The largest absolute Gasteiger partial charge is 0.497 e. The van der Waals surface area contributed by atoms with Crippen LogP contribution < -0.4 is 14.2 Å². The van der Waals surface area contributed by atoms with Crippen molar-refractivity contribution in [3.05, 3.63) is 79.2 Å². The molecule has 0 unspecified atom stereocenters. The number of aryl methyl sites for hydroxylation is 1. The third-order valence-corrected chi connectivity index (χ3v) is 7.91. The molecular formula is C23H19Br2N3O7S. The van der Waals surface area contributed by atoms with Gasteiger partial charge in [-0.3, -0.25) is 10.1 Å². The van der Waals surface area contributed by atoms with E-state index in [1.807, 2.05) is 6.92 Å². The van der Waals surface area contributed by atoms with Crippen molar-refractivity contribution in [3.8, 4) is 17.4 Å². The molecule has 4 rings (SSSR count). The lowest BCUT2D eigenvalue weighted by Gasteiger charge is -2.10. The molecule has 0 amide bonds. The topological polar surface area (TPSA) is 123 Å². The summed E-state index contributed by atoms with van der Waals surface area (Å²) in [7, 11) is -2.49. The van der Waals surface area contributed by atoms with Crippen molar-refractivity contribution >= 4 is 58.5 Å². The van der Waals surface area contributed by atoms with Crippen molar-refractivity contribution in [2.24, 2.45) is 0 Å². The normalized spacial score (nSPS) is 11.4. The van der Waals surface area contributed by atoms with Crippen LogP contribution in [0.4, 0.5) is 5.69 Å². The molecule has 0 bridgehead atoms. The van der Waals surface area contributed by atoms with Gasteiger partial charge in [0.25, 0.3) is 15.7 Å². The van der Waals surface area contributed by atoms with Gasteiger partial charge in [0.2, 0.25) is 5.88 Å². The molecule has 13 heteroatoms. The molecule has 0 radical (unpaired) electrons. The molecule has 1 aromatic heterocycles. The Morgan fingerprint density at radius 2 is 1.64 bits per heavy atom. The first-order valence-corrected chi connectivity index (χ1v) is 13.4. The van der Waals surface area contributed by atoms with Crippen LogP contribution >= 0.6 is 31.9 Å². The van der Waals surface area contributed by atoms with Gasteiger partial charge in [0, 0.05) is 12.1 Å². The number of nitro groups is 1. The Labute approximate surface area is 223 Å². The van der Waals surface area contributed by atoms with Crippen molar-refractivity contribution < 1.29 is 27.6 Å². The zero-order valence-corrected chi connectivity index (χ0v) is 23.0. The molecule has 0 aliphatic heterocycles. The minimum absolute atomic E-state index is 0.0176. The van der Waals surface area contributed by atoms with E-state index >= 15 is 0 Å². The van der Waals surface area contributed by atoms with Crippen LogP contribution in [0.5, 0.6) is 17.4 Å². The highest BCUT2D eigenvalue weighted by Gasteiger charge is 2.24. The number of aromatic nitrogens is 2. The number of methoxy groups -OCH3 is 1. The number of fused-ring (bicyclic) bond motifs is 1. The van der Waals surface area contributed by atoms with Crippen LogP contribution in [0.3, 0.4) is 0 Å². The van der Waals surface area contributed by atoms with Gasteiger partial charge < -0.3 is 14.2 Å². The minimum atomic E-state index is -3.99. The van der Waals surface area contributed by atoms with E-state index in [0.29, 0.717) is 31.3 Å². The number of hydrogen-bond acceptors (Lipinski definition) is 8. The van der Waals surface area contributed by atoms with Crippen molar-refractivity contribution in [1.82, 2.24) is 9.19 Å². The van der Waals surface area contributed by atoms with Crippen LogP contribution in [0.25, 0.3) is 10.9 Å². The maximum Gasteiger partial charge on any atom is 0.283 e. The summed E-state index contributed by atoms with van der Waals surface area (Å²) < 4.78 is 45.2. The van der Waals surface area contributed by atoms with E-state index < -0.39 is 14.9 Å². The number of nitrogens with zero attached hydrogens (tertiary/aromatic N) is 3. The van der Waals surface area contributed by atoms with Gasteiger partial charge in [-0.2, -0.15) is 8.42 Å². The Morgan fingerprint density at radius 3 is 2.25 bits per heavy atom. The second kappa shape index (κ2) is 10.4. The predicted molar refractivity (Wildman–Crippen MR) is 140 cm³/mol. The highest BCUT2D eigenvalue weighted by molar-refractivity contribution is 9.11. The monoisotopic (exact) mass is 639 g/mol. The summed E-state index contributed by atoms with van der Waals surface area (Å²) in [6.45, 7) is 1.94. The summed E-state index contributed by atoms with van der Waals surface area (Å²) in [6.07, 6.45) is 0. The maximum atomic E-state index is 13.3. The predicted octanol–water partition coefficient (Wildman–Crippen LogP) is 5.48. The number of halogens is 2. The van der Waals surface area contributed by atoms with Gasteiger partial charge in [0.1, 0.15) is 24.7 Å². The van der Waals surface area contributed by atoms with Gasteiger partial charge in [-0.15, -0.1) is 9.19 Å². The maximum absolute atomic E-state index is 13.3. The Hall–Kier alpha value is -3.16. The summed E-state index contributed by atoms with van der Waals surface area (Å²) in [5.41, 5.74) is 1.16.